The number of Topliss-reactive ketones (excluding diaryl/α,β-unsaturated/α-hetero) is 1. The van der Waals surface area contributed by atoms with Gasteiger partial charge in [0, 0.05) is 13.2 Å². The predicted octanol–water partition coefficient (Wildman–Crippen LogP) is 3.29. The number of benzene rings is 1. The Hall–Kier alpha value is -1.87. The van der Waals surface area contributed by atoms with Crippen molar-refractivity contribution in [2.24, 2.45) is 7.05 Å². The maximum atomic E-state index is 12.9. The minimum atomic E-state index is -0.209. The van der Waals surface area contributed by atoms with E-state index in [0.717, 1.165) is 24.3 Å². The lowest BCUT2D eigenvalue weighted by molar-refractivity contribution is 0.0822. The lowest BCUT2D eigenvalue weighted by atomic mass is 9.99. The van der Waals surface area contributed by atoms with E-state index < -0.39 is 0 Å². The number of likely N-dealkylation sites (N-methyl/N-ethyl adjacent to an activating group) is 1. The molecule has 2 aromatic rings. The minimum Gasteiger partial charge on any atom is -0.348 e. The molecular weight excluding hydrogens is 248 g/mol. The van der Waals surface area contributed by atoms with Gasteiger partial charge < -0.3 is 4.57 Å². The molecule has 2 rings (SSSR count). The third-order valence-electron chi connectivity index (χ3n) is 3.74. The van der Waals surface area contributed by atoms with Crippen molar-refractivity contribution in [3.8, 4) is 0 Å². The molecule has 0 spiro atoms. The van der Waals surface area contributed by atoms with Gasteiger partial charge in [0.25, 0.3) is 0 Å². The lowest BCUT2D eigenvalue weighted by Crippen LogP contribution is -2.34. The minimum absolute atomic E-state index is 0.160. The molecule has 1 aromatic carbocycles. The first-order valence-electron chi connectivity index (χ1n) is 7.13. The molecule has 0 radical (unpaired) electrons. The van der Waals surface area contributed by atoms with E-state index in [9.17, 15) is 4.79 Å². The van der Waals surface area contributed by atoms with Crippen molar-refractivity contribution < 1.29 is 4.79 Å². The zero-order valence-electron chi connectivity index (χ0n) is 12.4. The predicted molar refractivity (Wildman–Crippen MR) is 81.8 cm³/mol. The zero-order valence-corrected chi connectivity index (χ0v) is 12.4. The number of aromatic nitrogens is 1. The molecule has 3 nitrogen and oxygen atoms in total. The highest BCUT2D eigenvalue weighted by Gasteiger charge is 2.27. The molecule has 106 valence electrons. The maximum absolute atomic E-state index is 12.9. The van der Waals surface area contributed by atoms with Crippen molar-refractivity contribution in [2.45, 2.75) is 19.9 Å². The molecule has 1 heterocycles. The van der Waals surface area contributed by atoms with E-state index in [1.165, 1.54) is 0 Å². The molecule has 0 aliphatic rings. The number of nitrogens with zero attached hydrogens (tertiary/aromatic N) is 2. The first kappa shape index (κ1) is 14.5. The summed E-state index contributed by atoms with van der Waals surface area (Å²) < 4.78 is 1.89. The fraction of sp³-hybridized carbons (Fsp3) is 0.353. The van der Waals surface area contributed by atoms with E-state index in [1.54, 1.807) is 0 Å². The van der Waals surface area contributed by atoms with Crippen LogP contribution in [0.1, 0.15) is 35.9 Å². The van der Waals surface area contributed by atoms with Gasteiger partial charge in [0.1, 0.15) is 6.04 Å². The summed E-state index contributed by atoms with van der Waals surface area (Å²) in [6.07, 6.45) is 1.91. The maximum Gasteiger partial charge on any atom is 0.200 e. The Bertz CT molecular complexity index is 555. The lowest BCUT2D eigenvalue weighted by Gasteiger charge is -2.29. The monoisotopic (exact) mass is 270 g/mol. The molecule has 1 atom stereocenters. The van der Waals surface area contributed by atoms with Gasteiger partial charge in [-0.25, -0.2) is 0 Å². The third kappa shape index (κ3) is 2.83. The molecule has 20 heavy (non-hydrogen) atoms. The van der Waals surface area contributed by atoms with Gasteiger partial charge in [-0.1, -0.05) is 44.2 Å². The van der Waals surface area contributed by atoms with E-state index in [1.807, 2.05) is 60.3 Å². The van der Waals surface area contributed by atoms with Crippen LogP contribution in [0, 0.1) is 0 Å². The summed E-state index contributed by atoms with van der Waals surface area (Å²) in [6, 6.07) is 13.6. The second-order valence-electron chi connectivity index (χ2n) is 4.90. The molecule has 0 amide bonds. The van der Waals surface area contributed by atoms with Gasteiger partial charge in [-0.15, -0.1) is 0 Å². The van der Waals surface area contributed by atoms with E-state index in [0.29, 0.717) is 0 Å². The van der Waals surface area contributed by atoms with Crippen LogP contribution in [-0.2, 0) is 7.05 Å². The van der Waals surface area contributed by atoms with E-state index in [2.05, 4.69) is 18.7 Å². The standard InChI is InChI=1S/C17H22N2O/c1-4-19(5-2)16(14-10-7-6-8-11-14)17(20)15-12-9-13-18(15)3/h6-13,16H,4-5H2,1-3H3. The highest BCUT2D eigenvalue weighted by atomic mass is 16.1. The van der Waals surface area contributed by atoms with E-state index >= 15 is 0 Å². The fourth-order valence-corrected chi connectivity index (χ4v) is 2.61. The normalized spacial score (nSPS) is 12.6. The van der Waals surface area contributed by atoms with Gasteiger partial charge in [-0.05, 0) is 30.8 Å². The number of rotatable bonds is 6. The van der Waals surface area contributed by atoms with Crippen molar-refractivity contribution in [3.05, 3.63) is 59.9 Å². The van der Waals surface area contributed by atoms with Crippen molar-refractivity contribution in [2.75, 3.05) is 13.1 Å². The van der Waals surface area contributed by atoms with Crippen LogP contribution in [-0.4, -0.2) is 28.3 Å². The first-order chi connectivity index (χ1) is 9.69. The smallest absolute Gasteiger partial charge is 0.200 e. The highest BCUT2D eigenvalue weighted by Crippen LogP contribution is 2.25. The summed E-state index contributed by atoms with van der Waals surface area (Å²) in [6.45, 7) is 5.90. The number of carbonyl (C=O) groups excluding carboxylic acids is 1. The summed E-state index contributed by atoms with van der Waals surface area (Å²) in [5.41, 5.74) is 1.81. The second kappa shape index (κ2) is 6.53. The summed E-state index contributed by atoms with van der Waals surface area (Å²) in [5.74, 6) is 0.160. The van der Waals surface area contributed by atoms with Crippen LogP contribution in [0.4, 0.5) is 0 Å². The number of aryl methyl sites for hydroxylation is 1. The van der Waals surface area contributed by atoms with Crippen molar-refractivity contribution in [1.29, 1.82) is 0 Å². The number of ketones is 1. The largest absolute Gasteiger partial charge is 0.348 e. The van der Waals surface area contributed by atoms with Gasteiger partial charge in [-0.3, -0.25) is 9.69 Å². The summed E-state index contributed by atoms with van der Waals surface area (Å²) in [7, 11) is 1.91. The summed E-state index contributed by atoms with van der Waals surface area (Å²) in [5, 5.41) is 0. The number of hydrogen-bond donors (Lipinski definition) is 0. The van der Waals surface area contributed by atoms with Crippen molar-refractivity contribution in [3.63, 3.8) is 0 Å². The van der Waals surface area contributed by atoms with Crippen LogP contribution in [0.5, 0.6) is 0 Å². The molecular formula is C17H22N2O. The van der Waals surface area contributed by atoms with Gasteiger partial charge in [0.2, 0.25) is 5.78 Å². The molecule has 3 heteroatoms. The fourth-order valence-electron chi connectivity index (χ4n) is 2.61. The molecule has 0 bridgehead atoms. The van der Waals surface area contributed by atoms with Crippen LogP contribution in [0.3, 0.4) is 0 Å². The topological polar surface area (TPSA) is 25.2 Å². The molecule has 0 saturated heterocycles. The van der Waals surface area contributed by atoms with Gasteiger partial charge in [0.15, 0.2) is 0 Å². The molecule has 1 aromatic heterocycles. The van der Waals surface area contributed by atoms with Gasteiger partial charge in [-0.2, -0.15) is 0 Å². The Labute approximate surface area is 120 Å². The average Bonchev–Trinajstić information content (AvgIpc) is 2.91. The molecule has 0 aliphatic carbocycles. The van der Waals surface area contributed by atoms with Gasteiger partial charge in [0.05, 0.1) is 5.69 Å². The Kier molecular flexibility index (Phi) is 4.74. The van der Waals surface area contributed by atoms with Crippen LogP contribution >= 0.6 is 0 Å². The molecule has 0 fully saturated rings. The Morgan fingerprint density at radius 1 is 1.10 bits per heavy atom. The van der Waals surface area contributed by atoms with Gasteiger partial charge >= 0.3 is 0 Å². The Morgan fingerprint density at radius 3 is 2.25 bits per heavy atom. The van der Waals surface area contributed by atoms with Crippen LogP contribution in [0.25, 0.3) is 0 Å². The highest BCUT2D eigenvalue weighted by molar-refractivity contribution is 5.99. The summed E-state index contributed by atoms with van der Waals surface area (Å²) >= 11 is 0. The van der Waals surface area contributed by atoms with Crippen molar-refractivity contribution in [1.82, 2.24) is 9.47 Å². The van der Waals surface area contributed by atoms with Crippen LogP contribution in [0.15, 0.2) is 48.7 Å². The van der Waals surface area contributed by atoms with Crippen LogP contribution in [0.2, 0.25) is 0 Å². The van der Waals surface area contributed by atoms with Crippen LogP contribution < -0.4 is 0 Å². The van der Waals surface area contributed by atoms with Crippen molar-refractivity contribution >= 4 is 5.78 Å². The first-order valence-corrected chi connectivity index (χ1v) is 7.13. The molecule has 0 aliphatic heterocycles. The van der Waals surface area contributed by atoms with E-state index in [-0.39, 0.29) is 11.8 Å². The number of carbonyl (C=O) groups is 1. The molecule has 1 unspecified atom stereocenters. The number of hydrogen-bond acceptors (Lipinski definition) is 2. The molecule has 0 N–H and O–H groups in total. The summed E-state index contributed by atoms with van der Waals surface area (Å²) in [4.78, 5) is 15.1. The average molecular weight is 270 g/mol. The molecule has 0 saturated carbocycles. The third-order valence-corrected chi connectivity index (χ3v) is 3.74. The Morgan fingerprint density at radius 2 is 1.75 bits per heavy atom. The quantitative estimate of drug-likeness (QED) is 0.753. The second-order valence-corrected chi connectivity index (χ2v) is 4.90. The Balaban J connectivity index is 2.42. The SMILES string of the molecule is CCN(CC)C(C(=O)c1cccn1C)c1ccccc1. The zero-order chi connectivity index (χ0) is 14.5. The van der Waals surface area contributed by atoms with E-state index in [4.69, 9.17) is 0 Å².